The minimum Gasteiger partial charge on any atom is -0.378 e. The van der Waals surface area contributed by atoms with Crippen LogP contribution >= 0.6 is 0 Å². The lowest BCUT2D eigenvalue weighted by Gasteiger charge is -2.43. The summed E-state index contributed by atoms with van der Waals surface area (Å²) < 4.78 is 5.81. The summed E-state index contributed by atoms with van der Waals surface area (Å²) in [6, 6.07) is 16.6. The van der Waals surface area contributed by atoms with Gasteiger partial charge in [0, 0.05) is 45.4 Å². The SMILES string of the molecule is CCC(=O)N(c1ccccc1)[C@@H]1CCN(CCN2C(=O)c3ccccc3C2=O)C[C@H]1OC. The Morgan fingerprint density at radius 1 is 1.00 bits per heavy atom. The maximum atomic E-state index is 12.8. The van der Waals surface area contributed by atoms with E-state index in [1.807, 2.05) is 42.2 Å². The van der Waals surface area contributed by atoms with Crippen molar-refractivity contribution in [2.45, 2.75) is 31.9 Å². The molecule has 4 rings (SSSR count). The average Bonchev–Trinajstić information content (AvgIpc) is 3.08. The standard InChI is InChI=1S/C25H29N3O4/c1-3-23(29)28(18-9-5-4-6-10-18)21-13-14-26(17-22(21)32-2)15-16-27-24(30)19-11-7-8-12-20(19)25(27)31/h4-12,21-22H,3,13-17H2,1-2H3/t21-,22-/m1/s1. The van der Waals surface area contributed by atoms with Crippen molar-refractivity contribution in [2.75, 3.05) is 38.2 Å². The van der Waals surface area contributed by atoms with Gasteiger partial charge in [-0.15, -0.1) is 0 Å². The van der Waals surface area contributed by atoms with E-state index in [0.29, 0.717) is 37.2 Å². The van der Waals surface area contributed by atoms with Crippen molar-refractivity contribution in [2.24, 2.45) is 0 Å². The van der Waals surface area contributed by atoms with Crippen LogP contribution in [0.15, 0.2) is 54.6 Å². The third kappa shape index (κ3) is 4.18. The Labute approximate surface area is 188 Å². The molecule has 0 N–H and O–H groups in total. The number of nitrogens with zero attached hydrogens (tertiary/aromatic N) is 3. The molecule has 2 aliphatic rings. The molecular weight excluding hydrogens is 406 g/mol. The molecule has 0 saturated carbocycles. The van der Waals surface area contributed by atoms with Crippen molar-refractivity contribution in [3.63, 3.8) is 0 Å². The zero-order valence-electron chi connectivity index (χ0n) is 18.6. The molecule has 0 unspecified atom stereocenters. The predicted octanol–water partition coefficient (Wildman–Crippen LogP) is 2.82. The number of carbonyl (C=O) groups excluding carboxylic acids is 3. The van der Waals surface area contributed by atoms with Crippen molar-refractivity contribution in [1.82, 2.24) is 9.80 Å². The van der Waals surface area contributed by atoms with Crippen molar-refractivity contribution in [3.05, 3.63) is 65.7 Å². The number of carbonyl (C=O) groups is 3. The molecule has 2 heterocycles. The summed E-state index contributed by atoms with van der Waals surface area (Å²) in [6.45, 7) is 4.17. The van der Waals surface area contributed by atoms with E-state index in [0.717, 1.165) is 18.7 Å². The highest BCUT2D eigenvalue weighted by atomic mass is 16.5. The summed E-state index contributed by atoms with van der Waals surface area (Å²) in [7, 11) is 1.67. The molecular formula is C25H29N3O4. The number of methoxy groups -OCH3 is 1. The highest BCUT2D eigenvalue weighted by Gasteiger charge is 2.38. The molecule has 0 aliphatic carbocycles. The summed E-state index contributed by atoms with van der Waals surface area (Å²) in [5.74, 6) is -0.386. The lowest BCUT2D eigenvalue weighted by molar-refractivity contribution is -0.120. The van der Waals surface area contributed by atoms with Gasteiger partial charge < -0.3 is 9.64 Å². The number of para-hydroxylation sites is 1. The molecule has 1 saturated heterocycles. The summed E-state index contributed by atoms with van der Waals surface area (Å²) in [5, 5.41) is 0. The van der Waals surface area contributed by atoms with Gasteiger partial charge in [0.2, 0.25) is 5.91 Å². The van der Waals surface area contributed by atoms with Gasteiger partial charge in [0.05, 0.1) is 23.3 Å². The highest BCUT2D eigenvalue weighted by Crippen LogP contribution is 2.27. The largest absolute Gasteiger partial charge is 0.378 e. The summed E-state index contributed by atoms with van der Waals surface area (Å²) >= 11 is 0. The van der Waals surface area contributed by atoms with Crippen LogP contribution in [0.3, 0.4) is 0 Å². The first-order chi connectivity index (χ1) is 15.5. The van der Waals surface area contributed by atoms with Crippen LogP contribution in [0.1, 0.15) is 40.5 Å². The van der Waals surface area contributed by atoms with Gasteiger partial charge in [-0.3, -0.25) is 24.2 Å². The fourth-order valence-corrected chi connectivity index (χ4v) is 4.66. The van der Waals surface area contributed by atoms with Crippen LogP contribution in [0.5, 0.6) is 0 Å². The van der Waals surface area contributed by atoms with E-state index in [-0.39, 0.29) is 29.9 Å². The Kier molecular flexibility index (Phi) is 6.67. The molecule has 7 nitrogen and oxygen atoms in total. The molecule has 2 aliphatic heterocycles. The van der Waals surface area contributed by atoms with E-state index in [1.54, 1.807) is 31.4 Å². The highest BCUT2D eigenvalue weighted by molar-refractivity contribution is 6.21. The van der Waals surface area contributed by atoms with Gasteiger partial charge in [-0.25, -0.2) is 0 Å². The third-order valence-electron chi connectivity index (χ3n) is 6.37. The maximum Gasteiger partial charge on any atom is 0.261 e. The van der Waals surface area contributed by atoms with Gasteiger partial charge in [0.25, 0.3) is 11.8 Å². The molecule has 32 heavy (non-hydrogen) atoms. The van der Waals surface area contributed by atoms with E-state index >= 15 is 0 Å². The Bertz CT molecular complexity index is 959. The molecule has 0 aromatic heterocycles. The van der Waals surface area contributed by atoms with E-state index in [1.165, 1.54) is 4.90 Å². The van der Waals surface area contributed by atoms with Crippen molar-refractivity contribution in [3.8, 4) is 0 Å². The molecule has 7 heteroatoms. The first-order valence-corrected chi connectivity index (χ1v) is 11.1. The molecule has 2 atom stereocenters. The Morgan fingerprint density at radius 3 is 2.22 bits per heavy atom. The molecule has 0 radical (unpaired) electrons. The van der Waals surface area contributed by atoms with Crippen molar-refractivity contribution < 1.29 is 19.1 Å². The lowest BCUT2D eigenvalue weighted by Crippen LogP contribution is -2.57. The number of amides is 3. The maximum absolute atomic E-state index is 12.8. The number of benzene rings is 2. The quantitative estimate of drug-likeness (QED) is 0.626. The van der Waals surface area contributed by atoms with Crippen LogP contribution in [0.4, 0.5) is 5.69 Å². The number of anilines is 1. The minimum atomic E-state index is -0.229. The van der Waals surface area contributed by atoms with Crippen LogP contribution in [-0.2, 0) is 9.53 Å². The molecule has 2 aromatic carbocycles. The summed E-state index contributed by atoms with van der Waals surface area (Å²) in [5.41, 5.74) is 1.83. The van der Waals surface area contributed by atoms with Gasteiger partial charge in [0.15, 0.2) is 0 Å². The van der Waals surface area contributed by atoms with E-state index in [2.05, 4.69) is 4.90 Å². The second-order valence-corrected chi connectivity index (χ2v) is 8.19. The van der Waals surface area contributed by atoms with Gasteiger partial charge in [0.1, 0.15) is 0 Å². The molecule has 0 bridgehead atoms. The topological polar surface area (TPSA) is 70.2 Å². The predicted molar refractivity (Wildman–Crippen MR) is 122 cm³/mol. The van der Waals surface area contributed by atoms with Gasteiger partial charge >= 0.3 is 0 Å². The van der Waals surface area contributed by atoms with Crippen LogP contribution in [0, 0.1) is 0 Å². The van der Waals surface area contributed by atoms with Crippen LogP contribution in [-0.4, -0.2) is 73.0 Å². The number of hydrogen-bond donors (Lipinski definition) is 0. The second-order valence-electron chi connectivity index (χ2n) is 8.19. The summed E-state index contributed by atoms with van der Waals surface area (Å²) in [6.07, 6.45) is 1.01. The van der Waals surface area contributed by atoms with Gasteiger partial charge in [-0.05, 0) is 30.7 Å². The molecule has 2 aromatic rings. The average molecular weight is 436 g/mol. The van der Waals surface area contributed by atoms with E-state index in [4.69, 9.17) is 4.74 Å². The Balaban J connectivity index is 1.42. The molecule has 3 amide bonds. The number of ether oxygens (including phenoxy) is 1. The number of likely N-dealkylation sites (tertiary alicyclic amines) is 1. The second kappa shape index (κ2) is 9.63. The number of imide groups is 1. The summed E-state index contributed by atoms with van der Waals surface area (Å²) in [4.78, 5) is 43.5. The monoisotopic (exact) mass is 435 g/mol. The van der Waals surface area contributed by atoms with Crippen molar-refractivity contribution >= 4 is 23.4 Å². The fourth-order valence-electron chi connectivity index (χ4n) is 4.66. The van der Waals surface area contributed by atoms with Crippen LogP contribution < -0.4 is 4.90 Å². The van der Waals surface area contributed by atoms with Crippen LogP contribution in [0.2, 0.25) is 0 Å². The number of piperidine rings is 1. The first-order valence-electron chi connectivity index (χ1n) is 11.1. The van der Waals surface area contributed by atoms with Crippen LogP contribution in [0.25, 0.3) is 0 Å². The third-order valence-corrected chi connectivity index (χ3v) is 6.37. The first kappa shape index (κ1) is 22.2. The van der Waals surface area contributed by atoms with E-state index in [9.17, 15) is 14.4 Å². The van der Waals surface area contributed by atoms with E-state index < -0.39 is 0 Å². The minimum absolute atomic E-state index is 0.0644. The fraction of sp³-hybridized carbons (Fsp3) is 0.400. The van der Waals surface area contributed by atoms with Crippen molar-refractivity contribution in [1.29, 1.82) is 0 Å². The lowest BCUT2D eigenvalue weighted by atomic mass is 9.98. The zero-order valence-corrected chi connectivity index (χ0v) is 18.6. The Hall–Kier alpha value is -3.03. The Morgan fingerprint density at radius 2 is 1.62 bits per heavy atom. The number of fused-ring (bicyclic) bond motifs is 1. The molecule has 0 spiro atoms. The zero-order chi connectivity index (χ0) is 22.7. The molecule has 168 valence electrons. The van der Waals surface area contributed by atoms with Gasteiger partial charge in [-0.1, -0.05) is 37.3 Å². The smallest absolute Gasteiger partial charge is 0.261 e. The molecule has 1 fully saturated rings. The number of hydrogen-bond acceptors (Lipinski definition) is 5. The normalized spacial score (nSPS) is 21.0. The van der Waals surface area contributed by atoms with Gasteiger partial charge in [-0.2, -0.15) is 0 Å². The number of rotatable bonds is 7.